The predicted molar refractivity (Wildman–Crippen MR) is 106 cm³/mol. The zero-order chi connectivity index (χ0) is 19.6. The van der Waals surface area contributed by atoms with Gasteiger partial charge in [0.05, 0.1) is 0 Å². The van der Waals surface area contributed by atoms with Gasteiger partial charge in [0, 0.05) is 50.0 Å². The Morgan fingerprint density at radius 2 is 1.96 bits per heavy atom. The molecule has 0 spiro atoms. The number of pyridine rings is 2. The highest BCUT2D eigenvalue weighted by atomic mass is 16.6. The number of amides is 1. The number of nitrogens with one attached hydrogen (secondary N) is 1. The maximum atomic E-state index is 11.8. The number of hydrogen-bond acceptors (Lipinski definition) is 5. The molecule has 1 amide bonds. The van der Waals surface area contributed by atoms with Crippen molar-refractivity contribution >= 4 is 22.8 Å². The standard InChI is InChI=1S/C20H28N4O3/c1-20(2,3)27-19(26)22-13-14-8-11-24(12-9-14)16-7-10-21-18-15(16)5-6-17(25)23(18)4/h5-7,10,14H,8-9,11-13H2,1-4H3,(H,22,26). The van der Waals surface area contributed by atoms with E-state index in [1.807, 2.05) is 32.9 Å². The smallest absolute Gasteiger partial charge is 0.407 e. The maximum absolute atomic E-state index is 11.8. The van der Waals surface area contributed by atoms with E-state index in [-0.39, 0.29) is 11.7 Å². The summed E-state index contributed by atoms with van der Waals surface area (Å²) >= 11 is 0. The molecule has 3 heterocycles. The lowest BCUT2D eigenvalue weighted by molar-refractivity contribution is 0.0517. The molecule has 146 valence electrons. The van der Waals surface area contributed by atoms with Crippen LogP contribution in [-0.2, 0) is 11.8 Å². The van der Waals surface area contributed by atoms with Crippen molar-refractivity contribution in [2.45, 2.75) is 39.2 Å². The third-order valence-electron chi connectivity index (χ3n) is 4.88. The Balaban J connectivity index is 1.62. The third-order valence-corrected chi connectivity index (χ3v) is 4.88. The first kappa shape index (κ1) is 19.2. The highest BCUT2D eigenvalue weighted by molar-refractivity contribution is 5.89. The minimum Gasteiger partial charge on any atom is -0.444 e. The number of alkyl carbamates (subject to hydrolysis) is 1. The van der Waals surface area contributed by atoms with Gasteiger partial charge in [-0.3, -0.25) is 9.36 Å². The van der Waals surface area contributed by atoms with E-state index >= 15 is 0 Å². The van der Waals surface area contributed by atoms with Gasteiger partial charge in [0.2, 0.25) is 0 Å². The SMILES string of the molecule is Cn1c(=O)ccc2c(N3CCC(CNC(=O)OC(C)(C)C)CC3)ccnc21. The number of rotatable bonds is 3. The second-order valence-electron chi connectivity index (χ2n) is 8.11. The van der Waals surface area contributed by atoms with Crippen LogP contribution in [0.15, 0.2) is 29.2 Å². The van der Waals surface area contributed by atoms with Gasteiger partial charge in [0.1, 0.15) is 11.2 Å². The number of carbonyl (C=O) groups excluding carboxylic acids is 1. The zero-order valence-corrected chi connectivity index (χ0v) is 16.5. The zero-order valence-electron chi connectivity index (χ0n) is 16.5. The first-order chi connectivity index (χ1) is 12.7. The van der Waals surface area contributed by atoms with Crippen LogP contribution in [0.1, 0.15) is 33.6 Å². The molecule has 0 radical (unpaired) electrons. The summed E-state index contributed by atoms with van der Waals surface area (Å²) < 4.78 is 6.87. The van der Waals surface area contributed by atoms with Crippen LogP contribution in [-0.4, -0.2) is 40.9 Å². The summed E-state index contributed by atoms with van der Waals surface area (Å²) in [6.07, 6.45) is 3.38. The van der Waals surface area contributed by atoms with E-state index in [2.05, 4.69) is 15.2 Å². The van der Waals surface area contributed by atoms with Crippen LogP contribution in [0.4, 0.5) is 10.5 Å². The fourth-order valence-corrected chi connectivity index (χ4v) is 3.45. The number of ether oxygens (including phenoxy) is 1. The second kappa shape index (κ2) is 7.58. The Hall–Kier alpha value is -2.57. The summed E-state index contributed by atoms with van der Waals surface area (Å²) in [6, 6.07) is 5.45. The number of carbonyl (C=O) groups is 1. The van der Waals surface area contributed by atoms with E-state index in [0.29, 0.717) is 18.1 Å². The lowest BCUT2D eigenvalue weighted by Crippen LogP contribution is -2.40. The molecule has 2 aromatic rings. The van der Waals surface area contributed by atoms with E-state index in [1.165, 1.54) is 0 Å². The van der Waals surface area contributed by atoms with E-state index in [4.69, 9.17) is 4.74 Å². The van der Waals surface area contributed by atoms with Gasteiger partial charge < -0.3 is 15.0 Å². The summed E-state index contributed by atoms with van der Waals surface area (Å²) in [5.41, 5.74) is 1.28. The normalized spacial score (nSPS) is 15.8. The van der Waals surface area contributed by atoms with Crippen molar-refractivity contribution in [1.82, 2.24) is 14.9 Å². The number of aryl methyl sites for hydroxylation is 1. The summed E-state index contributed by atoms with van der Waals surface area (Å²) in [5, 5.41) is 3.87. The van der Waals surface area contributed by atoms with Crippen LogP contribution in [0.2, 0.25) is 0 Å². The molecular weight excluding hydrogens is 344 g/mol. The summed E-state index contributed by atoms with van der Waals surface area (Å²) in [5.74, 6) is 0.436. The summed E-state index contributed by atoms with van der Waals surface area (Å²) in [6.45, 7) is 8.03. The highest BCUT2D eigenvalue weighted by Gasteiger charge is 2.23. The van der Waals surface area contributed by atoms with Crippen LogP contribution in [0.25, 0.3) is 11.0 Å². The molecule has 1 aliphatic rings. The highest BCUT2D eigenvalue weighted by Crippen LogP contribution is 2.28. The monoisotopic (exact) mass is 372 g/mol. The molecule has 2 aromatic heterocycles. The predicted octanol–water partition coefficient (Wildman–Crippen LogP) is 2.67. The molecule has 0 unspecified atom stereocenters. The Morgan fingerprint density at radius 3 is 2.63 bits per heavy atom. The van der Waals surface area contributed by atoms with Crippen molar-refractivity contribution < 1.29 is 9.53 Å². The minimum atomic E-state index is -0.476. The number of anilines is 1. The number of fused-ring (bicyclic) bond motifs is 1. The molecule has 0 aliphatic carbocycles. The molecule has 1 saturated heterocycles. The van der Waals surface area contributed by atoms with Gasteiger partial charge in [-0.25, -0.2) is 9.78 Å². The molecule has 27 heavy (non-hydrogen) atoms. The topological polar surface area (TPSA) is 76.5 Å². The van der Waals surface area contributed by atoms with Gasteiger partial charge in [-0.05, 0) is 51.7 Å². The molecule has 0 saturated carbocycles. The van der Waals surface area contributed by atoms with Gasteiger partial charge in [-0.15, -0.1) is 0 Å². The molecule has 1 fully saturated rings. The van der Waals surface area contributed by atoms with Crippen molar-refractivity contribution in [2.24, 2.45) is 13.0 Å². The molecule has 1 aliphatic heterocycles. The van der Waals surface area contributed by atoms with Crippen molar-refractivity contribution in [3.8, 4) is 0 Å². The molecular formula is C20H28N4O3. The second-order valence-corrected chi connectivity index (χ2v) is 8.11. The fraction of sp³-hybridized carbons (Fsp3) is 0.550. The third kappa shape index (κ3) is 4.59. The number of piperidine rings is 1. The van der Waals surface area contributed by atoms with E-state index in [1.54, 1.807) is 23.9 Å². The lowest BCUT2D eigenvalue weighted by atomic mass is 9.96. The Bertz CT molecular complexity index is 877. The van der Waals surface area contributed by atoms with Gasteiger partial charge in [-0.2, -0.15) is 0 Å². The average Bonchev–Trinajstić information content (AvgIpc) is 2.62. The number of aromatic nitrogens is 2. The van der Waals surface area contributed by atoms with Crippen molar-refractivity contribution in [1.29, 1.82) is 0 Å². The van der Waals surface area contributed by atoms with Gasteiger partial charge in [0.15, 0.2) is 0 Å². The molecule has 7 nitrogen and oxygen atoms in total. The van der Waals surface area contributed by atoms with Crippen LogP contribution in [0.3, 0.4) is 0 Å². The first-order valence-electron chi connectivity index (χ1n) is 9.41. The van der Waals surface area contributed by atoms with Crippen LogP contribution in [0.5, 0.6) is 0 Å². The molecule has 1 N–H and O–H groups in total. The maximum Gasteiger partial charge on any atom is 0.407 e. The van der Waals surface area contributed by atoms with Gasteiger partial charge in [-0.1, -0.05) is 0 Å². The molecule has 0 atom stereocenters. The molecule has 0 aromatic carbocycles. The van der Waals surface area contributed by atoms with Gasteiger partial charge >= 0.3 is 6.09 Å². The average molecular weight is 372 g/mol. The largest absolute Gasteiger partial charge is 0.444 e. The van der Waals surface area contributed by atoms with Gasteiger partial charge in [0.25, 0.3) is 5.56 Å². The summed E-state index contributed by atoms with van der Waals surface area (Å²) in [4.78, 5) is 30.4. The fourth-order valence-electron chi connectivity index (χ4n) is 3.45. The first-order valence-corrected chi connectivity index (χ1v) is 9.41. The van der Waals surface area contributed by atoms with E-state index in [9.17, 15) is 9.59 Å². The lowest BCUT2D eigenvalue weighted by Gasteiger charge is -2.34. The number of hydrogen-bond donors (Lipinski definition) is 1. The van der Waals surface area contributed by atoms with Crippen LogP contribution >= 0.6 is 0 Å². The Labute approximate surface area is 159 Å². The molecule has 0 bridgehead atoms. The quantitative estimate of drug-likeness (QED) is 0.896. The molecule has 3 rings (SSSR count). The summed E-state index contributed by atoms with van der Waals surface area (Å²) in [7, 11) is 1.75. The molecule has 7 heteroatoms. The Kier molecular flexibility index (Phi) is 5.39. The minimum absolute atomic E-state index is 0.0564. The van der Waals surface area contributed by atoms with E-state index in [0.717, 1.165) is 37.0 Å². The van der Waals surface area contributed by atoms with Crippen LogP contribution < -0.4 is 15.8 Å². The van der Waals surface area contributed by atoms with E-state index < -0.39 is 5.60 Å². The van der Waals surface area contributed by atoms with Crippen molar-refractivity contribution in [3.05, 3.63) is 34.7 Å². The van der Waals surface area contributed by atoms with Crippen molar-refractivity contribution in [2.75, 3.05) is 24.5 Å². The van der Waals surface area contributed by atoms with Crippen molar-refractivity contribution in [3.63, 3.8) is 0 Å². The Morgan fingerprint density at radius 1 is 1.26 bits per heavy atom. The van der Waals surface area contributed by atoms with Crippen LogP contribution in [0, 0.1) is 5.92 Å². The number of nitrogens with zero attached hydrogens (tertiary/aromatic N) is 3.